The molecule has 39 heavy (non-hydrogen) atoms. The number of pyridine rings is 1. The Morgan fingerprint density at radius 1 is 0.949 bits per heavy atom. The van der Waals surface area contributed by atoms with Gasteiger partial charge >= 0.3 is 0 Å². The van der Waals surface area contributed by atoms with Crippen LogP contribution in [0.2, 0.25) is 0 Å². The molecule has 1 fully saturated rings. The summed E-state index contributed by atoms with van der Waals surface area (Å²) in [5, 5.41) is 10.4. The van der Waals surface area contributed by atoms with Crippen LogP contribution in [0.1, 0.15) is 36.8 Å². The highest BCUT2D eigenvalue weighted by Crippen LogP contribution is 2.36. The zero-order valence-corrected chi connectivity index (χ0v) is 23.2. The van der Waals surface area contributed by atoms with Gasteiger partial charge in [-0.2, -0.15) is 13.7 Å². The van der Waals surface area contributed by atoms with E-state index >= 15 is 0 Å². The van der Waals surface area contributed by atoms with E-state index in [9.17, 15) is 22.1 Å². The lowest BCUT2D eigenvalue weighted by molar-refractivity contribution is 0.153. The molecule has 4 aromatic rings. The molecular weight excluding hydrogens is 536 g/mol. The first-order chi connectivity index (χ1) is 18.6. The van der Waals surface area contributed by atoms with Crippen LogP contribution in [0.25, 0.3) is 11.0 Å². The molecule has 2 heterocycles. The van der Waals surface area contributed by atoms with E-state index in [0.29, 0.717) is 42.3 Å². The number of hydrogen-bond donors (Lipinski definition) is 0. The molecule has 0 unspecified atom stereocenters. The van der Waals surface area contributed by atoms with Crippen molar-refractivity contribution in [3.63, 3.8) is 0 Å². The topological polar surface area (TPSA) is 122 Å². The predicted octanol–water partition coefficient (Wildman–Crippen LogP) is 4.61. The average molecular weight is 565 g/mol. The minimum atomic E-state index is -3.88. The second-order valence-electron chi connectivity index (χ2n) is 9.70. The van der Waals surface area contributed by atoms with Crippen LogP contribution in [0.3, 0.4) is 0 Å². The Hall–Kier alpha value is -3.72. The Balaban J connectivity index is 1.38. The number of aromatic nitrogens is 2. The second-order valence-corrected chi connectivity index (χ2v) is 13.1. The van der Waals surface area contributed by atoms with Crippen molar-refractivity contribution in [3.05, 3.63) is 84.2 Å². The highest BCUT2D eigenvalue weighted by molar-refractivity contribution is 7.90. The molecule has 9 nitrogen and oxygen atoms in total. The molecule has 0 atom stereocenters. The number of nitriles is 1. The number of aryl methyl sites for hydroxylation is 1. The Kier molecular flexibility index (Phi) is 7.20. The first kappa shape index (κ1) is 26.9. The maximum Gasteiger partial charge on any atom is 0.297 e. The van der Waals surface area contributed by atoms with Gasteiger partial charge in [0.15, 0.2) is 5.65 Å². The van der Waals surface area contributed by atoms with Gasteiger partial charge in [-0.3, -0.25) is 4.18 Å². The maximum absolute atomic E-state index is 13.3. The maximum atomic E-state index is 13.3. The Bertz CT molecular complexity index is 1750. The van der Waals surface area contributed by atoms with E-state index in [2.05, 4.69) is 11.1 Å². The zero-order valence-electron chi connectivity index (χ0n) is 21.6. The zero-order chi connectivity index (χ0) is 27.8. The van der Waals surface area contributed by atoms with Crippen LogP contribution < -0.4 is 4.90 Å². The Labute approximate surface area is 228 Å². The summed E-state index contributed by atoms with van der Waals surface area (Å²) in [5.74, 6) is 0. The van der Waals surface area contributed by atoms with Crippen LogP contribution in [-0.4, -0.2) is 45.0 Å². The molecule has 5 rings (SSSR count). The van der Waals surface area contributed by atoms with Gasteiger partial charge in [0.25, 0.3) is 20.1 Å². The molecule has 2 aromatic heterocycles. The summed E-state index contributed by atoms with van der Waals surface area (Å²) < 4.78 is 58.8. The lowest BCUT2D eigenvalue weighted by atomic mass is 9.91. The second kappa shape index (κ2) is 10.4. The average Bonchev–Trinajstić information content (AvgIpc) is 3.38. The molecule has 0 bridgehead atoms. The number of anilines is 1. The van der Waals surface area contributed by atoms with Crippen LogP contribution in [0.4, 0.5) is 5.69 Å². The normalized spacial score (nSPS) is 18.1. The van der Waals surface area contributed by atoms with Gasteiger partial charge in [0.05, 0.1) is 27.1 Å². The first-order valence-corrected chi connectivity index (χ1v) is 15.4. The summed E-state index contributed by atoms with van der Waals surface area (Å²) in [6, 6.07) is 18.5. The molecule has 0 aliphatic heterocycles. The van der Waals surface area contributed by atoms with Crippen molar-refractivity contribution in [2.24, 2.45) is 0 Å². The van der Waals surface area contributed by atoms with Crippen molar-refractivity contribution < 1.29 is 21.0 Å². The van der Waals surface area contributed by atoms with Gasteiger partial charge < -0.3 is 4.90 Å². The minimum absolute atomic E-state index is 0.00119. The van der Waals surface area contributed by atoms with Crippen molar-refractivity contribution in [2.45, 2.75) is 54.5 Å². The van der Waals surface area contributed by atoms with Gasteiger partial charge in [-0.1, -0.05) is 35.9 Å². The van der Waals surface area contributed by atoms with Crippen molar-refractivity contribution in [2.75, 3.05) is 11.9 Å². The minimum Gasteiger partial charge on any atom is -0.370 e. The van der Waals surface area contributed by atoms with Crippen molar-refractivity contribution in [3.8, 4) is 6.07 Å². The molecule has 2 aromatic carbocycles. The quantitative estimate of drug-likeness (QED) is 0.298. The number of fused-ring (bicyclic) bond motifs is 1. The lowest BCUT2D eigenvalue weighted by Crippen LogP contribution is -2.38. The SMILES string of the molecule is Cc1ccc(S(=O)(=O)O[C@H]2CC[C@H](N(C)c3c(C#N)cnc4c3ccn4S(=O)(=O)c3ccccc3)CC2)cc1. The predicted molar refractivity (Wildman–Crippen MR) is 147 cm³/mol. The molecule has 0 N–H and O–H groups in total. The summed E-state index contributed by atoms with van der Waals surface area (Å²) in [5.41, 5.74) is 2.13. The molecule has 0 saturated heterocycles. The van der Waals surface area contributed by atoms with E-state index in [1.54, 1.807) is 48.5 Å². The number of rotatable bonds is 7. The summed E-state index contributed by atoms with van der Waals surface area (Å²) in [6.45, 7) is 1.89. The van der Waals surface area contributed by atoms with Gasteiger partial charge in [0.1, 0.15) is 6.07 Å². The highest BCUT2D eigenvalue weighted by Gasteiger charge is 2.31. The van der Waals surface area contributed by atoms with E-state index in [-0.39, 0.29) is 21.5 Å². The van der Waals surface area contributed by atoms with Gasteiger partial charge in [-0.15, -0.1) is 0 Å². The Morgan fingerprint density at radius 2 is 1.62 bits per heavy atom. The molecular formula is C28H28N4O5S2. The van der Waals surface area contributed by atoms with Crippen LogP contribution in [0.15, 0.2) is 82.8 Å². The fourth-order valence-electron chi connectivity index (χ4n) is 5.06. The van der Waals surface area contributed by atoms with Gasteiger partial charge in [0, 0.05) is 30.9 Å². The number of nitrogens with zero attached hydrogens (tertiary/aromatic N) is 4. The third kappa shape index (κ3) is 5.15. The first-order valence-electron chi connectivity index (χ1n) is 12.6. The molecule has 0 amide bonds. The van der Waals surface area contributed by atoms with E-state index in [0.717, 1.165) is 9.54 Å². The standard InChI is InChI=1S/C28H28N4O5S2/c1-20-8-14-25(15-9-20)39(35,36)37-23-12-10-22(11-13-23)31(2)27-21(18-29)19-30-28-26(27)16-17-32(28)38(33,34)24-6-4-3-5-7-24/h3-9,14-17,19,22-23H,10-13H2,1-2H3/t22-,23-. The Morgan fingerprint density at radius 3 is 2.26 bits per heavy atom. The van der Waals surface area contributed by atoms with Crippen molar-refractivity contribution in [1.82, 2.24) is 8.96 Å². The van der Waals surface area contributed by atoms with Crippen LogP contribution >= 0.6 is 0 Å². The molecule has 0 radical (unpaired) electrons. The number of hydrogen-bond acceptors (Lipinski definition) is 8. The summed E-state index contributed by atoms with van der Waals surface area (Å²) in [7, 11) is -5.88. The molecule has 202 valence electrons. The van der Waals surface area contributed by atoms with E-state index < -0.39 is 26.2 Å². The molecule has 0 spiro atoms. The monoisotopic (exact) mass is 564 g/mol. The van der Waals surface area contributed by atoms with Crippen LogP contribution in [0, 0.1) is 18.3 Å². The van der Waals surface area contributed by atoms with Crippen molar-refractivity contribution in [1.29, 1.82) is 5.26 Å². The molecule has 1 aliphatic rings. The largest absolute Gasteiger partial charge is 0.370 e. The van der Waals surface area contributed by atoms with Gasteiger partial charge in [-0.25, -0.2) is 17.4 Å². The van der Waals surface area contributed by atoms with E-state index in [1.165, 1.54) is 24.5 Å². The third-order valence-electron chi connectivity index (χ3n) is 7.19. The van der Waals surface area contributed by atoms with E-state index in [1.807, 2.05) is 18.9 Å². The fraction of sp³-hybridized carbons (Fsp3) is 0.286. The molecule has 11 heteroatoms. The van der Waals surface area contributed by atoms with Crippen LogP contribution in [-0.2, 0) is 24.3 Å². The molecule has 1 aliphatic carbocycles. The van der Waals surface area contributed by atoms with Crippen LogP contribution in [0.5, 0.6) is 0 Å². The highest BCUT2D eigenvalue weighted by atomic mass is 32.2. The summed E-state index contributed by atoms with van der Waals surface area (Å²) in [6.07, 6.45) is 4.75. The molecule has 1 saturated carbocycles. The van der Waals surface area contributed by atoms with Gasteiger partial charge in [-0.05, 0) is 62.9 Å². The van der Waals surface area contributed by atoms with E-state index in [4.69, 9.17) is 4.18 Å². The number of benzene rings is 2. The smallest absolute Gasteiger partial charge is 0.297 e. The van der Waals surface area contributed by atoms with Gasteiger partial charge in [0.2, 0.25) is 0 Å². The summed E-state index contributed by atoms with van der Waals surface area (Å²) >= 11 is 0. The van der Waals surface area contributed by atoms with Crippen molar-refractivity contribution >= 4 is 36.9 Å². The summed E-state index contributed by atoms with van der Waals surface area (Å²) in [4.78, 5) is 6.59. The third-order valence-corrected chi connectivity index (χ3v) is 10.2. The lowest BCUT2D eigenvalue weighted by Gasteiger charge is -2.36. The fourth-order valence-corrected chi connectivity index (χ4v) is 7.52.